The van der Waals surface area contributed by atoms with Gasteiger partial charge in [-0.1, -0.05) is 66.2 Å². The summed E-state index contributed by atoms with van der Waals surface area (Å²) < 4.78 is 0. The standard InChI is InChI=1S/C18H37N/c1-5-9-13-16(11-7-3)18(15-19-18)17(12-8-4)14-10-6-2/h16-17,19H,5-15H2,1-4H3. The SMILES string of the molecule is CCCCC(CCC)C1(C(CCC)CCCC)CN1. The van der Waals surface area contributed by atoms with Gasteiger partial charge in [-0.3, -0.25) is 0 Å². The molecule has 1 nitrogen and oxygen atoms in total. The summed E-state index contributed by atoms with van der Waals surface area (Å²) in [5.41, 5.74) is 0.538. The zero-order chi connectivity index (χ0) is 14.1. The molecule has 0 amide bonds. The molecule has 0 radical (unpaired) electrons. The second kappa shape index (κ2) is 9.00. The molecule has 1 heterocycles. The van der Waals surface area contributed by atoms with Gasteiger partial charge in [-0.2, -0.15) is 0 Å². The Kier molecular flexibility index (Phi) is 8.06. The number of hydrogen-bond acceptors (Lipinski definition) is 1. The van der Waals surface area contributed by atoms with Crippen molar-refractivity contribution in [1.82, 2.24) is 5.32 Å². The van der Waals surface area contributed by atoms with Gasteiger partial charge in [-0.05, 0) is 37.5 Å². The first-order valence-electron chi connectivity index (χ1n) is 9.00. The second-order valence-electron chi connectivity index (χ2n) is 6.65. The molecule has 1 rings (SSSR count). The molecule has 2 unspecified atom stereocenters. The lowest BCUT2D eigenvalue weighted by molar-refractivity contribution is 0.218. The van der Waals surface area contributed by atoms with Crippen molar-refractivity contribution in [3.05, 3.63) is 0 Å². The van der Waals surface area contributed by atoms with E-state index in [1.165, 1.54) is 70.8 Å². The van der Waals surface area contributed by atoms with E-state index in [4.69, 9.17) is 0 Å². The predicted octanol–water partition coefficient (Wildman–Crippen LogP) is 5.54. The lowest BCUT2D eigenvalue weighted by Gasteiger charge is -2.33. The van der Waals surface area contributed by atoms with Crippen molar-refractivity contribution in [3.8, 4) is 0 Å². The Labute approximate surface area is 121 Å². The Balaban J connectivity index is 2.65. The molecule has 1 N–H and O–H groups in total. The average molecular weight is 268 g/mol. The summed E-state index contributed by atoms with van der Waals surface area (Å²) in [6.45, 7) is 10.7. The smallest absolute Gasteiger partial charge is 0.0363 e. The van der Waals surface area contributed by atoms with Crippen LogP contribution in [0.1, 0.15) is 91.9 Å². The molecule has 1 fully saturated rings. The summed E-state index contributed by atoms with van der Waals surface area (Å²) in [6.07, 6.45) is 14.0. The van der Waals surface area contributed by atoms with Crippen LogP contribution in [0.4, 0.5) is 0 Å². The first kappa shape index (κ1) is 17.0. The summed E-state index contributed by atoms with van der Waals surface area (Å²) in [5.74, 6) is 1.87. The molecule has 1 aliphatic heterocycles. The second-order valence-corrected chi connectivity index (χ2v) is 6.65. The van der Waals surface area contributed by atoms with Crippen LogP contribution >= 0.6 is 0 Å². The number of nitrogens with one attached hydrogen (secondary N) is 1. The molecule has 0 bridgehead atoms. The highest BCUT2D eigenvalue weighted by molar-refractivity contribution is 5.12. The molecule has 0 spiro atoms. The molecule has 0 aromatic heterocycles. The van der Waals surface area contributed by atoms with Crippen molar-refractivity contribution in [1.29, 1.82) is 0 Å². The highest BCUT2D eigenvalue weighted by Crippen LogP contribution is 2.44. The Morgan fingerprint density at radius 2 is 1.16 bits per heavy atom. The Morgan fingerprint density at radius 3 is 1.42 bits per heavy atom. The largest absolute Gasteiger partial charge is 0.308 e. The van der Waals surface area contributed by atoms with Gasteiger partial charge in [-0.15, -0.1) is 0 Å². The van der Waals surface area contributed by atoms with Gasteiger partial charge in [0.25, 0.3) is 0 Å². The molecule has 0 saturated carbocycles. The highest BCUT2D eigenvalue weighted by atomic mass is 15.2. The minimum atomic E-state index is 0.538. The van der Waals surface area contributed by atoms with Crippen LogP contribution < -0.4 is 5.32 Å². The van der Waals surface area contributed by atoms with E-state index in [9.17, 15) is 0 Å². The van der Waals surface area contributed by atoms with Gasteiger partial charge < -0.3 is 5.32 Å². The minimum absolute atomic E-state index is 0.538. The topological polar surface area (TPSA) is 21.9 Å². The van der Waals surface area contributed by atoms with Gasteiger partial charge in [0.1, 0.15) is 0 Å². The normalized spacial score (nSPS) is 25.3. The molecular formula is C18H37N. The summed E-state index contributed by atoms with van der Waals surface area (Å²) in [5, 5.41) is 3.84. The Bertz CT molecular complexity index is 200. The monoisotopic (exact) mass is 267 g/mol. The lowest BCUT2D eigenvalue weighted by Crippen LogP contribution is -2.36. The van der Waals surface area contributed by atoms with E-state index < -0.39 is 0 Å². The molecule has 0 aromatic rings. The Morgan fingerprint density at radius 1 is 0.737 bits per heavy atom. The van der Waals surface area contributed by atoms with E-state index in [0.717, 1.165) is 11.8 Å². The maximum atomic E-state index is 3.84. The van der Waals surface area contributed by atoms with Crippen LogP contribution in [-0.2, 0) is 0 Å². The average Bonchev–Trinajstić information content (AvgIpc) is 3.21. The van der Waals surface area contributed by atoms with Gasteiger partial charge in [0.2, 0.25) is 0 Å². The third-order valence-electron chi connectivity index (χ3n) is 5.13. The number of unbranched alkanes of at least 4 members (excludes halogenated alkanes) is 2. The van der Waals surface area contributed by atoms with Crippen molar-refractivity contribution < 1.29 is 0 Å². The van der Waals surface area contributed by atoms with Gasteiger partial charge in [0.15, 0.2) is 0 Å². The third-order valence-corrected chi connectivity index (χ3v) is 5.13. The molecule has 0 aliphatic carbocycles. The van der Waals surface area contributed by atoms with Gasteiger partial charge in [-0.25, -0.2) is 0 Å². The fraction of sp³-hybridized carbons (Fsp3) is 1.00. The summed E-state index contributed by atoms with van der Waals surface area (Å²) >= 11 is 0. The zero-order valence-corrected chi connectivity index (χ0v) is 13.9. The van der Waals surface area contributed by atoms with E-state index in [0.29, 0.717) is 5.54 Å². The fourth-order valence-electron chi connectivity index (χ4n) is 3.93. The van der Waals surface area contributed by atoms with Gasteiger partial charge in [0, 0.05) is 12.1 Å². The third kappa shape index (κ3) is 4.77. The molecule has 1 heteroatoms. The summed E-state index contributed by atoms with van der Waals surface area (Å²) in [4.78, 5) is 0. The van der Waals surface area contributed by atoms with E-state index in [-0.39, 0.29) is 0 Å². The van der Waals surface area contributed by atoms with Crippen molar-refractivity contribution in [3.63, 3.8) is 0 Å². The minimum Gasteiger partial charge on any atom is -0.308 e. The molecule has 1 saturated heterocycles. The highest BCUT2D eigenvalue weighted by Gasteiger charge is 2.52. The van der Waals surface area contributed by atoms with Crippen molar-refractivity contribution in [2.24, 2.45) is 11.8 Å². The van der Waals surface area contributed by atoms with Crippen molar-refractivity contribution in [2.75, 3.05) is 6.54 Å². The first-order valence-corrected chi connectivity index (χ1v) is 9.00. The maximum absolute atomic E-state index is 3.84. The predicted molar refractivity (Wildman–Crippen MR) is 86.6 cm³/mol. The van der Waals surface area contributed by atoms with E-state index in [1.54, 1.807) is 0 Å². The van der Waals surface area contributed by atoms with E-state index in [2.05, 4.69) is 33.0 Å². The van der Waals surface area contributed by atoms with Crippen LogP contribution in [-0.4, -0.2) is 12.1 Å². The van der Waals surface area contributed by atoms with Crippen LogP contribution in [0, 0.1) is 11.8 Å². The van der Waals surface area contributed by atoms with Crippen molar-refractivity contribution >= 4 is 0 Å². The number of rotatable bonds is 12. The summed E-state index contributed by atoms with van der Waals surface area (Å²) in [7, 11) is 0. The molecule has 114 valence electrons. The molecule has 0 aromatic carbocycles. The summed E-state index contributed by atoms with van der Waals surface area (Å²) in [6, 6.07) is 0. The molecular weight excluding hydrogens is 230 g/mol. The van der Waals surface area contributed by atoms with Crippen LogP contribution in [0.15, 0.2) is 0 Å². The Hall–Kier alpha value is -0.0400. The van der Waals surface area contributed by atoms with Crippen molar-refractivity contribution in [2.45, 2.75) is 97.4 Å². The first-order chi connectivity index (χ1) is 9.25. The quantitative estimate of drug-likeness (QED) is 0.461. The van der Waals surface area contributed by atoms with Gasteiger partial charge in [0.05, 0.1) is 0 Å². The van der Waals surface area contributed by atoms with Crippen LogP contribution in [0.2, 0.25) is 0 Å². The zero-order valence-electron chi connectivity index (χ0n) is 13.9. The fourth-order valence-corrected chi connectivity index (χ4v) is 3.93. The van der Waals surface area contributed by atoms with E-state index >= 15 is 0 Å². The lowest BCUT2D eigenvalue weighted by atomic mass is 9.73. The van der Waals surface area contributed by atoms with Crippen LogP contribution in [0.3, 0.4) is 0 Å². The number of hydrogen-bond donors (Lipinski definition) is 1. The van der Waals surface area contributed by atoms with E-state index in [1.807, 2.05) is 0 Å². The molecule has 1 aliphatic rings. The molecule has 19 heavy (non-hydrogen) atoms. The van der Waals surface area contributed by atoms with Crippen LogP contribution in [0.25, 0.3) is 0 Å². The van der Waals surface area contributed by atoms with Crippen LogP contribution in [0.5, 0.6) is 0 Å². The van der Waals surface area contributed by atoms with Gasteiger partial charge >= 0.3 is 0 Å². The molecule has 2 atom stereocenters. The maximum Gasteiger partial charge on any atom is 0.0363 e.